The summed E-state index contributed by atoms with van der Waals surface area (Å²) in [6, 6.07) is 0.0226. The lowest BCUT2D eigenvalue weighted by Crippen LogP contribution is -2.57. The van der Waals surface area contributed by atoms with Gasteiger partial charge in [-0.05, 0) is 35.5 Å². The lowest BCUT2D eigenvalue weighted by atomic mass is 9.86. The summed E-state index contributed by atoms with van der Waals surface area (Å²) in [7, 11) is 0. The standard InChI is InChI=1S/C21H33N5O3/c1-20(2,3)16(23)19(29)26-10-13-14(21(13,4)5)15(26)18(28)25-12(9-22)8-11-6-7-24-17(11)27/h11-16H,6-8,10,23H2,1-5H3,(H,24,27)(H,25,28)/t11-,12-,13-,14-,15-,16+/m0/s1. The van der Waals surface area contributed by atoms with E-state index in [9.17, 15) is 19.6 Å². The first-order chi connectivity index (χ1) is 13.4. The summed E-state index contributed by atoms with van der Waals surface area (Å²) in [5, 5.41) is 15.1. The van der Waals surface area contributed by atoms with Crippen LogP contribution < -0.4 is 16.4 Å². The fourth-order valence-corrected chi connectivity index (χ4v) is 4.92. The molecule has 0 aromatic carbocycles. The zero-order valence-electron chi connectivity index (χ0n) is 18.0. The molecule has 1 aliphatic carbocycles. The Bertz CT molecular complexity index is 750. The number of carbonyl (C=O) groups is 3. The highest BCUT2D eigenvalue weighted by Gasteiger charge is 2.69. The van der Waals surface area contributed by atoms with Gasteiger partial charge in [0.25, 0.3) is 0 Å². The van der Waals surface area contributed by atoms with E-state index in [2.05, 4.69) is 30.6 Å². The Kier molecular flexibility index (Phi) is 5.41. The molecule has 0 aromatic heterocycles. The SMILES string of the molecule is CC(C)(C)[C@H](N)C(=O)N1C[C@H]2[C@@H]([C@H]1C(=O)N[C@H](C#N)C[C@@H]1CCNC1=O)C2(C)C. The van der Waals surface area contributed by atoms with Gasteiger partial charge in [-0.3, -0.25) is 14.4 Å². The normalized spacial score (nSPS) is 32.0. The van der Waals surface area contributed by atoms with Gasteiger partial charge in [-0.15, -0.1) is 0 Å². The molecule has 8 nitrogen and oxygen atoms in total. The van der Waals surface area contributed by atoms with Crippen LogP contribution in [0.5, 0.6) is 0 Å². The van der Waals surface area contributed by atoms with E-state index in [0.717, 1.165) is 0 Å². The van der Waals surface area contributed by atoms with E-state index in [1.54, 1.807) is 4.90 Å². The number of hydrogen-bond acceptors (Lipinski definition) is 5. The van der Waals surface area contributed by atoms with Crippen LogP contribution in [0.15, 0.2) is 0 Å². The molecule has 3 fully saturated rings. The van der Waals surface area contributed by atoms with Crippen LogP contribution in [0.1, 0.15) is 47.5 Å². The van der Waals surface area contributed by atoms with Crippen molar-refractivity contribution in [2.45, 2.75) is 65.6 Å². The molecule has 2 aliphatic heterocycles. The molecular weight excluding hydrogens is 370 g/mol. The Morgan fingerprint density at radius 1 is 1.41 bits per heavy atom. The maximum atomic E-state index is 13.2. The fraction of sp³-hybridized carbons (Fsp3) is 0.810. The number of rotatable bonds is 5. The van der Waals surface area contributed by atoms with E-state index in [1.807, 2.05) is 20.8 Å². The number of carbonyl (C=O) groups excluding carboxylic acids is 3. The third-order valence-electron chi connectivity index (χ3n) is 7.11. The van der Waals surface area contributed by atoms with Crippen LogP contribution >= 0.6 is 0 Å². The molecule has 3 aliphatic rings. The van der Waals surface area contributed by atoms with Crippen molar-refractivity contribution in [3.63, 3.8) is 0 Å². The van der Waals surface area contributed by atoms with Gasteiger partial charge in [-0.2, -0.15) is 5.26 Å². The Balaban J connectivity index is 1.73. The van der Waals surface area contributed by atoms with E-state index in [4.69, 9.17) is 5.73 Å². The van der Waals surface area contributed by atoms with Gasteiger partial charge in [-0.1, -0.05) is 34.6 Å². The number of nitriles is 1. The van der Waals surface area contributed by atoms with Gasteiger partial charge in [0.15, 0.2) is 0 Å². The van der Waals surface area contributed by atoms with Crippen molar-refractivity contribution in [1.82, 2.24) is 15.5 Å². The van der Waals surface area contributed by atoms with Gasteiger partial charge in [-0.25, -0.2) is 0 Å². The molecular formula is C21H33N5O3. The molecule has 2 heterocycles. The summed E-state index contributed by atoms with van der Waals surface area (Å²) in [5.74, 6) is -0.549. The van der Waals surface area contributed by atoms with Crippen LogP contribution in [0.25, 0.3) is 0 Å². The van der Waals surface area contributed by atoms with Gasteiger partial charge >= 0.3 is 0 Å². The Hall–Kier alpha value is -2.14. The fourth-order valence-electron chi connectivity index (χ4n) is 4.92. The molecule has 29 heavy (non-hydrogen) atoms. The van der Waals surface area contributed by atoms with Gasteiger partial charge in [0.2, 0.25) is 17.7 Å². The molecule has 2 saturated heterocycles. The van der Waals surface area contributed by atoms with Gasteiger partial charge in [0.1, 0.15) is 12.1 Å². The monoisotopic (exact) mass is 403 g/mol. The second kappa shape index (κ2) is 7.28. The van der Waals surface area contributed by atoms with Crippen LogP contribution in [-0.2, 0) is 14.4 Å². The topological polar surface area (TPSA) is 128 Å². The number of amides is 3. The van der Waals surface area contributed by atoms with Crippen LogP contribution in [0.3, 0.4) is 0 Å². The zero-order chi connectivity index (χ0) is 21.7. The number of nitrogens with one attached hydrogen (secondary N) is 2. The molecule has 6 atom stereocenters. The largest absolute Gasteiger partial charge is 0.356 e. The van der Waals surface area contributed by atoms with E-state index in [0.29, 0.717) is 19.5 Å². The van der Waals surface area contributed by atoms with Crippen molar-refractivity contribution in [2.75, 3.05) is 13.1 Å². The van der Waals surface area contributed by atoms with Crippen LogP contribution in [-0.4, -0.2) is 53.8 Å². The number of nitrogens with zero attached hydrogens (tertiary/aromatic N) is 2. The van der Waals surface area contributed by atoms with E-state index >= 15 is 0 Å². The summed E-state index contributed by atoms with van der Waals surface area (Å²) in [6.45, 7) is 11.1. The maximum Gasteiger partial charge on any atom is 0.244 e. The number of fused-ring (bicyclic) bond motifs is 1. The zero-order valence-corrected chi connectivity index (χ0v) is 18.0. The molecule has 0 unspecified atom stereocenters. The quantitative estimate of drug-likeness (QED) is 0.611. The highest BCUT2D eigenvalue weighted by Crippen LogP contribution is 2.65. The molecule has 0 spiro atoms. The predicted octanol–water partition coefficient (Wildman–Crippen LogP) is 0.377. The molecule has 3 amide bonds. The highest BCUT2D eigenvalue weighted by atomic mass is 16.2. The van der Waals surface area contributed by atoms with Crippen LogP contribution in [0.4, 0.5) is 0 Å². The van der Waals surface area contributed by atoms with Crippen molar-refractivity contribution in [3.8, 4) is 6.07 Å². The van der Waals surface area contributed by atoms with Gasteiger partial charge in [0, 0.05) is 19.0 Å². The molecule has 1 saturated carbocycles. The number of likely N-dealkylation sites (tertiary alicyclic amines) is 1. The Labute approximate surface area is 172 Å². The predicted molar refractivity (Wildman–Crippen MR) is 107 cm³/mol. The van der Waals surface area contributed by atoms with E-state index < -0.39 is 23.5 Å². The first kappa shape index (κ1) is 21.6. The minimum Gasteiger partial charge on any atom is -0.356 e. The van der Waals surface area contributed by atoms with Crippen molar-refractivity contribution in [3.05, 3.63) is 0 Å². The van der Waals surface area contributed by atoms with Crippen molar-refractivity contribution >= 4 is 17.7 Å². The van der Waals surface area contributed by atoms with Gasteiger partial charge < -0.3 is 21.3 Å². The van der Waals surface area contributed by atoms with Crippen molar-refractivity contribution in [2.24, 2.45) is 34.3 Å². The Morgan fingerprint density at radius 3 is 2.59 bits per heavy atom. The second-order valence-corrected chi connectivity index (χ2v) is 10.4. The molecule has 0 aromatic rings. The number of hydrogen-bond donors (Lipinski definition) is 3. The third kappa shape index (κ3) is 3.85. The lowest BCUT2D eigenvalue weighted by Gasteiger charge is -2.35. The molecule has 160 valence electrons. The molecule has 0 radical (unpaired) electrons. The molecule has 8 heteroatoms. The average molecular weight is 404 g/mol. The minimum atomic E-state index is -0.759. The van der Waals surface area contributed by atoms with Gasteiger partial charge in [0.05, 0.1) is 12.1 Å². The summed E-state index contributed by atoms with van der Waals surface area (Å²) in [4.78, 5) is 39.7. The third-order valence-corrected chi connectivity index (χ3v) is 7.11. The summed E-state index contributed by atoms with van der Waals surface area (Å²) < 4.78 is 0. The Morgan fingerprint density at radius 2 is 2.07 bits per heavy atom. The first-order valence-corrected chi connectivity index (χ1v) is 10.4. The van der Waals surface area contributed by atoms with Crippen molar-refractivity contribution in [1.29, 1.82) is 5.26 Å². The van der Waals surface area contributed by atoms with E-state index in [1.165, 1.54) is 0 Å². The maximum absolute atomic E-state index is 13.2. The molecule has 0 bridgehead atoms. The molecule has 4 N–H and O–H groups in total. The first-order valence-electron chi connectivity index (χ1n) is 10.4. The van der Waals surface area contributed by atoms with Crippen LogP contribution in [0.2, 0.25) is 0 Å². The number of piperidine rings is 1. The lowest BCUT2D eigenvalue weighted by molar-refractivity contribution is -0.143. The number of nitrogens with two attached hydrogens (primary N) is 1. The summed E-state index contributed by atoms with van der Waals surface area (Å²) in [5.41, 5.74) is 5.77. The minimum absolute atomic E-state index is 0.0158. The summed E-state index contributed by atoms with van der Waals surface area (Å²) >= 11 is 0. The average Bonchev–Trinajstić information content (AvgIpc) is 3.02. The van der Waals surface area contributed by atoms with Crippen molar-refractivity contribution < 1.29 is 14.4 Å². The second-order valence-electron chi connectivity index (χ2n) is 10.4. The van der Waals surface area contributed by atoms with Crippen LogP contribution in [0, 0.1) is 39.9 Å². The highest BCUT2D eigenvalue weighted by molar-refractivity contribution is 5.92. The molecule has 3 rings (SSSR count). The van der Waals surface area contributed by atoms with E-state index in [-0.39, 0.29) is 47.3 Å². The summed E-state index contributed by atoms with van der Waals surface area (Å²) in [6.07, 6.45) is 0.951. The smallest absolute Gasteiger partial charge is 0.244 e.